The molecule has 2 heterocycles. The van der Waals surface area contributed by atoms with Crippen molar-refractivity contribution in [2.24, 2.45) is 0 Å². The topological polar surface area (TPSA) is 41.6 Å². The first kappa shape index (κ1) is 11.2. The number of H-pyrrole nitrogens is 1. The van der Waals surface area contributed by atoms with Crippen LogP contribution in [0.2, 0.25) is 5.02 Å². The van der Waals surface area contributed by atoms with Gasteiger partial charge >= 0.3 is 0 Å². The van der Waals surface area contributed by atoms with Gasteiger partial charge in [0.15, 0.2) is 5.65 Å². The van der Waals surface area contributed by atoms with Crippen LogP contribution in [0.15, 0.2) is 30.3 Å². The number of imidazole rings is 1. The van der Waals surface area contributed by atoms with Crippen molar-refractivity contribution in [2.75, 3.05) is 0 Å². The van der Waals surface area contributed by atoms with Crippen molar-refractivity contribution >= 4 is 22.8 Å². The molecule has 1 N–H and O–H groups in total. The molecule has 3 rings (SSSR count). The molecule has 0 atom stereocenters. The van der Waals surface area contributed by atoms with Crippen molar-refractivity contribution < 1.29 is 4.39 Å². The summed E-state index contributed by atoms with van der Waals surface area (Å²) in [5, 5.41) is 0.101. The predicted molar refractivity (Wildman–Crippen MR) is 69.0 cm³/mol. The molecule has 0 radical (unpaired) electrons. The Morgan fingerprint density at radius 3 is 2.78 bits per heavy atom. The summed E-state index contributed by atoms with van der Waals surface area (Å²) in [4.78, 5) is 11.7. The smallest absolute Gasteiger partial charge is 0.178 e. The average Bonchev–Trinajstić information content (AvgIpc) is 2.75. The molecule has 0 unspecified atom stereocenters. The highest BCUT2D eigenvalue weighted by atomic mass is 35.5. The number of nitrogens with one attached hydrogen (secondary N) is 1. The summed E-state index contributed by atoms with van der Waals surface area (Å²) in [5.74, 6) is 0.123. The van der Waals surface area contributed by atoms with Gasteiger partial charge in [0, 0.05) is 11.3 Å². The summed E-state index contributed by atoms with van der Waals surface area (Å²) in [6.45, 7) is 1.90. The minimum Gasteiger partial charge on any atom is -0.337 e. The van der Waals surface area contributed by atoms with Crippen LogP contribution in [0, 0.1) is 12.7 Å². The average molecular weight is 262 g/mol. The molecule has 0 spiro atoms. The third kappa shape index (κ3) is 1.84. The number of nitrogens with zero attached hydrogens (tertiary/aromatic N) is 2. The first-order valence-electron chi connectivity index (χ1n) is 5.42. The normalized spacial score (nSPS) is 11.1. The Hall–Kier alpha value is -1.94. The molecule has 5 heteroatoms. The highest BCUT2D eigenvalue weighted by Gasteiger charge is 2.08. The van der Waals surface area contributed by atoms with E-state index in [0.29, 0.717) is 17.0 Å². The van der Waals surface area contributed by atoms with Crippen molar-refractivity contribution in [1.82, 2.24) is 15.0 Å². The SMILES string of the molecule is Cc1ccc2[nH]c(-c3ccc(Cl)c(F)c3)nc2n1. The maximum Gasteiger partial charge on any atom is 0.178 e. The number of halogens is 2. The highest BCUT2D eigenvalue weighted by molar-refractivity contribution is 6.30. The highest BCUT2D eigenvalue weighted by Crippen LogP contribution is 2.23. The Bertz CT molecular complexity index is 736. The fourth-order valence-corrected chi connectivity index (χ4v) is 1.88. The van der Waals surface area contributed by atoms with Crippen LogP contribution < -0.4 is 0 Å². The van der Waals surface area contributed by atoms with E-state index >= 15 is 0 Å². The molecule has 0 saturated heterocycles. The van der Waals surface area contributed by atoms with Gasteiger partial charge in [0.05, 0.1) is 10.5 Å². The van der Waals surface area contributed by atoms with E-state index in [2.05, 4.69) is 15.0 Å². The van der Waals surface area contributed by atoms with E-state index in [1.165, 1.54) is 12.1 Å². The van der Waals surface area contributed by atoms with Gasteiger partial charge in [-0.1, -0.05) is 11.6 Å². The van der Waals surface area contributed by atoms with E-state index in [4.69, 9.17) is 11.6 Å². The fourth-order valence-electron chi connectivity index (χ4n) is 1.77. The lowest BCUT2D eigenvalue weighted by atomic mass is 10.2. The summed E-state index contributed by atoms with van der Waals surface area (Å²) >= 11 is 5.65. The Morgan fingerprint density at radius 1 is 1.17 bits per heavy atom. The van der Waals surface area contributed by atoms with Gasteiger partial charge < -0.3 is 4.98 Å². The molecule has 1 aromatic carbocycles. The van der Waals surface area contributed by atoms with Crippen molar-refractivity contribution in [3.63, 3.8) is 0 Å². The first-order valence-corrected chi connectivity index (χ1v) is 5.80. The number of rotatable bonds is 1. The van der Waals surface area contributed by atoms with Crippen LogP contribution in [-0.2, 0) is 0 Å². The van der Waals surface area contributed by atoms with Crippen LogP contribution in [0.3, 0.4) is 0 Å². The Kier molecular flexibility index (Phi) is 2.52. The molecule has 0 saturated carbocycles. The van der Waals surface area contributed by atoms with Crippen LogP contribution in [0.25, 0.3) is 22.6 Å². The number of aryl methyl sites for hydroxylation is 1. The third-order valence-corrected chi connectivity index (χ3v) is 2.98. The van der Waals surface area contributed by atoms with Crippen LogP contribution in [0.1, 0.15) is 5.69 Å². The maximum atomic E-state index is 13.4. The molecule has 0 aliphatic rings. The molecule has 2 aromatic heterocycles. The number of hydrogen-bond acceptors (Lipinski definition) is 2. The summed E-state index contributed by atoms with van der Waals surface area (Å²) in [6.07, 6.45) is 0. The van der Waals surface area contributed by atoms with Crippen LogP contribution in [0.5, 0.6) is 0 Å². The molecule has 0 amide bonds. The summed E-state index contributed by atoms with van der Waals surface area (Å²) < 4.78 is 13.4. The number of hydrogen-bond donors (Lipinski definition) is 1. The first-order chi connectivity index (χ1) is 8.63. The lowest BCUT2D eigenvalue weighted by Crippen LogP contribution is -1.83. The van der Waals surface area contributed by atoms with Gasteiger partial charge in [0.1, 0.15) is 11.6 Å². The van der Waals surface area contributed by atoms with E-state index in [-0.39, 0.29) is 5.02 Å². The largest absolute Gasteiger partial charge is 0.337 e. The van der Waals surface area contributed by atoms with Gasteiger partial charge in [0.25, 0.3) is 0 Å². The van der Waals surface area contributed by atoms with E-state index in [9.17, 15) is 4.39 Å². The molecule has 90 valence electrons. The second-order valence-corrected chi connectivity index (χ2v) is 4.45. The summed E-state index contributed by atoms with van der Waals surface area (Å²) in [6, 6.07) is 8.38. The van der Waals surface area contributed by atoms with Crippen LogP contribution >= 0.6 is 11.6 Å². The summed E-state index contributed by atoms with van der Waals surface area (Å²) in [5.41, 5.74) is 2.99. The standard InChI is InChI=1S/C13H9ClFN3/c1-7-2-5-11-13(16-7)18-12(17-11)8-3-4-9(14)10(15)6-8/h2-6H,1H3,(H,16,17,18). The van der Waals surface area contributed by atoms with E-state index in [1.807, 2.05) is 19.1 Å². The van der Waals surface area contributed by atoms with Crippen molar-refractivity contribution in [3.05, 3.63) is 46.9 Å². The van der Waals surface area contributed by atoms with Gasteiger partial charge in [-0.3, -0.25) is 0 Å². The van der Waals surface area contributed by atoms with Crippen LogP contribution in [-0.4, -0.2) is 15.0 Å². The number of fused-ring (bicyclic) bond motifs is 1. The van der Waals surface area contributed by atoms with E-state index in [1.54, 1.807) is 6.07 Å². The van der Waals surface area contributed by atoms with Gasteiger partial charge in [-0.25, -0.2) is 14.4 Å². The van der Waals surface area contributed by atoms with E-state index < -0.39 is 5.82 Å². The Morgan fingerprint density at radius 2 is 2.00 bits per heavy atom. The zero-order valence-corrected chi connectivity index (χ0v) is 10.3. The molecular formula is C13H9ClFN3. The van der Waals surface area contributed by atoms with Crippen molar-refractivity contribution in [1.29, 1.82) is 0 Å². The fraction of sp³-hybridized carbons (Fsp3) is 0.0769. The minimum absolute atomic E-state index is 0.101. The molecule has 0 bridgehead atoms. The molecule has 3 nitrogen and oxygen atoms in total. The zero-order chi connectivity index (χ0) is 12.7. The summed E-state index contributed by atoms with van der Waals surface area (Å²) in [7, 11) is 0. The number of pyridine rings is 1. The number of aromatic nitrogens is 3. The van der Waals surface area contributed by atoms with Gasteiger partial charge in [-0.2, -0.15) is 0 Å². The van der Waals surface area contributed by atoms with Gasteiger partial charge in [-0.05, 0) is 37.3 Å². The molecule has 0 aliphatic heterocycles. The quantitative estimate of drug-likeness (QED) is 0.725. The van der Waals surface area contributed by atoms with Crippen molar-refractivity contribution in [3.8, 4) is 11.4 Å². The lowest BCUT2D eigenvalue weighted by Gasteiger charge is -1.97. The maximum absolute atomic E-state index is 13.4. The van der Waals surface area contributed by atoms with Crippen molar-refractivity contribution in [2.45, 2.75) is 6.92 Å². The van der Waals surface area contributed by atoms with Gasteiger partial charge in [0.2, 0.25) is 0 Å². The third-order valence-electron chi connectivity index (χ3n) is 2.68. The van der Waals surface area contributed by atoms with Gasteiger partial charge in [-0.15, -0.1) is 0 Å². The Labute approximate surface area is 108 Å². The van der Waals surface area contributed by atoms with Crippen LogP contribution in [0.4, 0.5) is 4.39 Å². The minimum atomic E-state index is -0.459. The monoisotopic (exact) mass is 261 g/mol. The number of aromatic amines is 1. The second kappa shape index (κ2) is 4.07. The predicted octanol–water partition coefficient (Wildman–Crippen LogP) is 3.73. The number of benzene rings is 1. The lowest BCUT2D eigenvalue weighted by molar-refractivity contribution is 0.628. The molecule has 3 aromatic rings. The molecule has 0 fully saturated rings. The molecule has 0 aliphatic carbocycles. The molecular weight excluding hydrogens is 253 g/mol. The van der Waals surface area contributed by atoms with E-state index in [0.717, 1.165) is 11.2 Å². The molecule has 18 heavy (non-hydrogen) atoms. The Balaban J connectivity index is 2.16. The zero-order valence-electron chi connectivity index (χ0n) is 9.54. The second-order valence-electron chi connectivity index (χ2n) is 4.04.